The molecule has 22 heavy (non-hydrogen) atoms. The topological polar surface area (TPSA) is 83.6 Å². The highest BCUT2D eigenvalue weighted by atomic mass is 19.1. The summed E-state index contributed by atoms with van der Waals surface area (Å²) >= 11 is 0. The Hall–Kier alpha value is -2.70. The van der Waals surface area contributed by atoms with E-state index in [1.54, 1.807) is 18.2 Å². The largest absolute Gasteiger partial charge is 0.481 e. The Labute approximate surface area is 125 Å². The molecule has 2 heterocycles. The predicted molar refractivity (Wildman–Crippen MR) is 73.1 cm³/mol. The van der Waals surface area contributed by atoms with Crippen molar-refractivity contribution in [1.82, 2.24) is 10.1 Å². The average molecular weight is 304 g/mol. The summed E-state index contributed by atoms with van der Waals surface area (Å²) in [6, 6.07) is 7.56. The molecule has 1 amide bonds. The number of carboxylic acid groups (broad SMARTS) is 1. The number of benzene rings is 1. The maximum Gasteiger partial charge on any atom is 0.308 e. The maximum absolute atomic E-state index is 13.2. The van der Waals surface area contributed by atoms with Gasteiger partial charge in [0.05, 0.1) is 12.5 Å². The maximum atomic E-state index is 13.2. The Bertz CT molecular complexity index is 728. The van der Waals surface area contributed by atoms with E-state index >= 15 is 0 Å². The zero-order chi connectivity index (χ0) is 15.7. The first-order valence-corrected chi connectivity index (χ1v) is 6.75. The second-order valence-electron chi connectivity index (χ2n) is 5.20. The third-order valence-electron chi connectivity index (χ3n) is 3.59. The fourth-order valence-electron chi connectivity index (χ4n) is 2.45. The first kappa shape index (κ1) is 14.2. The average Bonchev–Trinajstić information content (AvgIpc) is 3.07. The van der Waals surface area contributed by atoms with Crippen LogP contribution in [-0.4, -0.2) is 33.6 Å². The van der Waals surface area contributed by atoms with Crippen molar-refractivity contribution in [3.63, 3.8) is 0 Å². The molecule has 3 rings (SSSR count). The van der Waals surface area contributed by atoms with Gasteiger partial charge >= 0.3 is 5.97 Å². The van der Waals surface area contributed by atoms with E-state index in [1.807, 2.05) is 0 Å². The van der Waals surface area contributed by atoms with Crippen molar-refractivity contribution in [1.29, 1.82) is 0 Å². The number of likely N-dealkylation sites (tertiary alicyclic amines) is 1. The number of carbonyl (C=O) groups excluding carboxylic acids is 1. The summed E-state index contributed by atoms with van der Waals surface area (Å²) in [5, 5.41) is 12.8. The molecule has 0 radical (unpaired) electrons. The van der Waals surface area contributed by atoms with Crippen molar-refractivity contribution in [2.45, 2.75) is 13.0 Å². The van der Waals surface area contributed by atoms with Gasteiger partial charge in [-0.1, -0.05) is 17.3 Å². The van der Waals surface area contributed by atoms with E-state index in [0.717, 1.165) is 0 Å². The number of amides is 1. The Morgan fingerprint density at radius 2 is 2.27 bits per heavy atom. The molecule has 1 unspecified atom stereocenters. The van der Waals surface area contributed by atoms with Crippen molar-refractivity contribution >= 4 is 11.9 Å². The SMILES string of the molecule is O=C(O)C1CC(=O)N(Cc2cc(-c3cccc(F)c3)no2)C1. The molecule has 1 aromatic heterocycles. The Balaban J connectivity index is 1.72. The van der Waals surface area contributed by atoms with Gasteiger partial charge in [-0.2, -0.15) is 0 Å². The number of hydrogen-bond donors (Lipinski definition) is 1. The number of halogens is 1. The Morgan fingerprint density at radius 3 is 2.95 bits per heavy atom. The van der Waals surface area contributed by atoms with Gasteiger partial charge in [0, 0.05) is 24.6 Å². The van der Waals surface area contributed by atoms with Crippen LogP contribution >= 0.6 is 0 Å². The molecule has 1 N–H and O–H groups in total. The lowest BCUT2D eigenvalue weighted by Crippen LogP contribution is -2.25. The van der Waals surface area contributed by atoms with Crippen LogP contribution < -0.4 is 0 Å². The summed E-state index contributed by atoms with van der Waals surface area (Å²) in [7, 11) is 0. The van der Waals surface area contributed by atoms with Crippen LogP contribution in [0.25, 0.3) is 11.3 Å². The van der Waals surface area contributed by atoms with Crippen LogP contribution in [0, 0.1) is 11.7 Å². The second-order valence-corrected chi connectivity index (χ2v) is 5.20. The summed E-state index contributed by atoms with van der Waals surface area (Å²) in [5.74, 6) is -1.83. The molecule has 1 atom stereocenters. The van der Waals surface area contributed by atoms with Gasteiger partial charge in [-0.25, -0.2) is 4.39 Å². The van der Waals surface area contributed by atoms with Gasteiger partial charge in [-0.15, -0.1) is 0 Å². The molecule has 0 aliphatic carbocycles. The van der Waals surface area contributed by atoms with E-state index < -0.39 is 11.9 Å². The van der Waals surface area contributed by atoms with Crippen molar-refractivity contribution in [2.75, 3.05) is 6.54 Å². The van der Waals surface area contributed by atoms with Crippen molar-refractivity contribution in [3.05, 3.63) is 41.9 Å². The molecule has 1 saturated heterocycles. The zero-order valence-electron chi connectivity index (χ0n) is 11.5. The highest BCUT2D eigenvalue weighted by Crippen LogP contribution is 2.23. The van der Waals surface area contributed by atoms with E-state index in [9.17, 15) is 14.0 Å². The minimum Gasteiger partial charge on any atom is -0.481 e. The molecule has 1 aromatic carbocycles. The molecule has 114 valence electrons. The normalized spacial score (nSPS) is 18.0. The summed E-state index contributed by atoms with van der Waals surface area (Å²) in [5.41, 5.74) is 1.04. The van der Waals surface area contributed by atoms with Crippen molar-refractivity contribution in [3.8, 4) is 11.3 Å². The van der Waals surface area contributed by atoms with Gasteiger partial charge in [0.15, 0.2) is 5.76 Å². The molecule has 2 aromatic rings. The summed E-state index contributed by atoms with van der Waals surface area (Å²) in [6.45, 7) is 0.315. The Morgan fingerprint density at radius 1 is 1.45 bits per heavy atom. The van der Waals surface area contributed by atoms with Gasteiger partial charge in [-0.05, 0) is 12.1 Å². The van der Waals surface area contributed by atoms with Crippen LogP contribution in [-0.2, 0) is 16.1 Å². The van der Waals surface area contributed by atoms with Crippen LogP contribution in [0.4, 0.5) is 4.39 Å². The number of carbonyl (C=O) groups is 2. The molecular formula is C15H13FN2O4. The molecule has 1 aliphatic rings. The van der Waals surface area contributed by atoms with Gasteiger partial charge in [0.1, 0.15) is 11.5 Å². The third-order valence-corrected chi connectivity index (χ3v) is 3.59. The summed E-state index contributed by atoms with van der Waals surface area (Å²) in [6.07, 6.45) is 0.000222. The molecule has 1 fully saturated rings. The molecular weight excluding hydrogens is 291 g/mol. The molecule has 0 saturated carbocycles. The number of rotatable bonds is 4. The lowest BCUT2D eigenvalue weighted by molar-refractivity contribution is -0.141. The van der Waals surface area contributed by atoms with Crippen LogP contribution in [0.5, 0.6) is 0 Å². The van der Waals surface area contributed by atoms with E-state index in [2.05, 4.69) is 5.16 Å². The van der Waals surface area contributed by atoms with Gasteiger partial charge in [-0.3, -0.25) is 9.59 Å². The number of aromatic nitrogens is 1. The molecule has 7 heteroatoms. The van der Waals surface area contributed by atoms with Crippen LogP contribution in [0.15, 0.2) is 34.9 Å². The third kappa shape index (κ3) is 2.83. The number of carboxylic acids is 1. The van der Waals surface area contributed by atoms with Crippen molar-refractivity contribution in [2.24, 2.45) is 5.92 Å². The second kappa shape index (κ2) is 5.59. The van der Waals surface area contributed by atoms with E-state index in [0.29, 0.717) is 17.0 Å². The first-order valence-electron chi connectivity index (χ1n) is 6.75. The lowest BCUT2D eigenvalue weighted by Gasteiger charge is -2.13. The van der Waals surface area contributed by atoms with Crippen LogP contribution in [0.3, 0.4) is 0 Å². The fraction of sp³-hybridized carbons (Fsp3) is 0.267. The first-order chi connectivity index (χ1) is 10.5. The summed E-state index contributed by atoms with van der Waals surface area (Å²) in [4.78, 5) is 24.1. The molecule has 0 bridgehead atoms. The zero-order valence-corrected chi connectivity index (χ0v) is 11.5. The monoisotopic (exact) mass is 304 g/mol. The minimum absolute atomic E-state index is 0.000222. The number of hydrogen-bond acceptors (Lipinski definition) is 4. The van der Waals surface area contributed by atoms with Gasteiger partial charge < -0.3 is 14.5 Å². The molecule has 1 aliphatic heterocycles. The molecule has 6 nitrogen and oxygen atoms in total. The van der Waals surface area contributed by atoms with E-state index in [-0.39, 0.29) is 31.2 Å². The van der Waals surface area contributed by atoms with Crippen LogP contribution in [0.2, 0.25) is 0 Å². The highest BCUT2D eigenvalue weighted by Gasteiger charge is 2.34. The lowest BCUT2D eigenvalue weighted by atomic mass is 10.1. The van der Waals surface area contributed by atoms with Crippen LogP contribution in [0.1, 0.15) is 12.2 Å². The fourth-order valence-corrected chi connectivity index (χ4v) is 2.45. The summed E-state index contributed by atoms with van der Waals surface area (Å²) < 4.78 is 18.3. The van der Waals surface area contributed by atoms with Crippen molar-refractivity contribution < 1.29 is 23.6 Å². The Kier molecular flexibility index (Phi) is 3.62. The standard InChI is InChI=1S/C15H13FN2O4/c16-11-3-1-2-9(4-11)13-6-12(22-17-13)8-18-7-10(15(20)21)5-14(18)19/h1-4,6,10H,5,7-8H2,(H,20,21). The molecule has 0 spiro atoms. The number of aliphatic carboxylic acids is 1. The van der Waals surface area contributed by atoms with Gasteiger partial charge in [0.2, 0.25) is 5.91 Å². The quantitative estimate of drug-likeness (QED) is 0.933. The highest BCUT2D eigenvalue weighted by molar-refractivity contribution is 5.86. The van der Waals surface area contributed by atoms with Gasteiger partial charge in [0.25, 0.3) is 0 Å². The minimum atomic E-state index is -0.978. The smallest absolute Gasteiger partial charge is 0.308 e. The van der Waals surface area contributed by atoms with E-state index in [1.165, 1.54) is 17.0 Å². The predicted octanol–water partition coefficient (Wildman–Crippen LogP) is 1.91. The van der Waals surface area contributed by atoms with E-state index in [4.69, 9.17) is 9.63 Å². The number of nitrogens with zero attached hydrogens (tertiary/aromatic N) is 2.